The second-order valence-corrected chi connectivity index (χ2v) is 4.17. The van der Waals surface area contributed by atoms with Crippen molar-refractivity contribution in [2.45, 2.75) is 12.5 Å². The van der Waals surface area contributed by atoms with Crippen molar-refractivity contribution in [1.29, 1.82) is 0 Å². The van der Waals surface area contributed by atoms with Crippen LogP contribution in [0.5, 0.6) is 0 Å². The minimum absolute atomic E-state index is 0.103. The van der Waals surface area contributed by atoms with E-state index in [1.165, 1.54) is 6.20 Å². The maximum atomic E-state index is 12.2. The van der Waals surface area contributed by atoms with Gasteiger partial charge in [0.05, 0.1) is 36.1 Å². The van der Waals surface area contributed by atoms with E-state index in [1.807, 2.05) is 0 Å². The van der Waals surface area contributed by atoms with Crippen LogP contribution in [0, 0.1) is 0 Å². The Kier molecular flexibility index (Phi) is 4.43. The Morgan fingerprint density at radius 1 is 1.58 bits per heavy atom. The summed E-state index contributed by atoms with van der Waals surface area (Å²) < 4.78 is 6.67. The fourth-order valence-electron chi connectivity index (χ4n) is 1.87. The fourth-order valence-corrected chi connectivity index (χ4v) is 1.87. The van der Waals surface area contributed by atoms with E-state index in [-0.39, 0.29) is 11.9 Å². The molecule has 0 aromatic carbocycles. The average molecular weight is 263 g/mol. The van der Waals surface area contributed by atoms with Crippen LogP contribution >= 0.6 is 0 Å². The van der Waals surface area contributed by atoms with Crippen LogP contribution in [0.2, 0.25) is 0 Å². The summed E-state index contributed by atoms with van der Waals surface area (Å²) in [5.74, 6) is -0.196. The molecule has 0 saturated carbocycles. The van der Waals surface area contributed by atoms with Gasteiger partial charge in [-0.1, -0.05) is 0 Å². The summed E-state index contributed by atoms with van der Waals surface area (Å²) in [6, 6.07) is -0.103. The number of fused-ring (bicyclic) bond motifs is 1. The molecule has 1 unspecified atom stereocenters. The number of hydrogen-bond acceptors (Lipinski definition) is 5. The van der Waals surface area contributed by atoms with Gasteiger partial charge in [-0.05, 0) is 13.0 Å². The quantitative estimate of drug-likeness (QED) is 0.754. The molecule has 1 atom stereocenters. The predicted molar refractivity (Wildman–Crippen MR) is 69.8 cm³/mol. The van der Waals surface area contributed by atoms with Crippen LogP contribution in [0.3, 0.4) is 0 Å². The largest absolute Gasteiger partial charge is 0.383 e. The predicted octanol–water partition coefficient (Wildman–Crippen LogP) is -0.177. The molecule has 0 aliphatic carbocycles. The molecule has 2 aromatic rings. The van der Waals surface area contributed by atoms with E-state index in [2.05, 4.69) is 15.4 Å². The lowest BCUT2D eigenvalue weighted by atomic mass is 10.2. The van der Waals surface area contributed by atoms with Crippen LogP contribution < -0.4 is 11.1 Å². The Morgan fingerprint density at radius 2 is 2.42 bits per heavy atom. The molecule has 2 heterocycles. The van der Waals surface area contributed by atoms with Gasteiger partial charge in [0.2, 0.25) is 0 Å². The maximum absolute atomic E-state index is 12.2. The third-order valence-corrected chi connectivity index (χ3v) is 2.79. The minimum Gasteiger partial charge on any atom is -0.383 e. The number of nitrogens with one attached hydrogen (secondary N) is 1. The van der Waals surface area contributed by atoms with Gasteiger partial charge in [0.25, 0.3) is 5.91 Å². The lowest BCUT2D eigenvalue weighted by molar-refractivity contribution is 0.0895. The summed E-state index contributed by atoms with van der Waals surface area (Å²) in [6.07, 6.45) is 7.11. The van der Waals surface area contributed by atoms with E-state index < -0.39 is 0 Å². The first-order chi connectivity index (χ1) is 9.26. The van der Waals surface area contributed by atoms with Crippen LogP contribution in [-0.4, -0.2) is 46.8 Å². The molecule has 1 amide bonds. The number of nitrogens with zero attached hydrogens (tertiary/aromatic N) is 3. The van der Waals surface area contributed by atoms with Gasteiger partial charge in [-0.25, -0.2) is 4.52 Å². The van der Waals surface area contributed by atoms with Crippen LogP contribution in [0.15, 0.2) is 24.8 Å². The molecule has 2 rings (SSSR count). The van der Waals surface area contributed by atoms with E-state index in [1.54, 1.807) is 30.2 Å². The highest BCUT2D eigenvalue weighted by atomic mass is 16.5. The normalized spacial score (nSPS) is 12.5. The SMILES string of the molecule is COCC(CCN)NC(=O)c1cnn2ccncc12. The number of amides is 1. The molecule has 7 heteroatoms. The number of rotatable bonds is 6. The van der Waals surface area contributed by atoms with Crippen LogP contribution in [0.1, 0.15) is 16.8 Å². The third kappa shape index (κ3) is 3.07. The number of nitrogens with two attached hydrogens (primary N) is 1. The van der Waals surface area contributed by atoms with Crippen molar-refractivity contribution in [3.05, 3.63) is 30.4 Å². The Bertz CT molecular complexity index is 548. The number of carbonyl (C=O) groups excluding carboxylic acids is 1. The van der Waals surface area contributed by atoms with Gasteiger partial charge >= 0.3 is 0 Å². The number of carbonyl (C=O) groups is 1. The topological polar surface area (TPSA) is 94.5 Å². The zero-order chi connectivity index (χ0) is 13.7. The molecule has 7 nitrogen and oxygen atoms in total. The zero-order valence-corrected chi connectivity index (χ0v) is 10.7. The third-order valence-electron chi connectivity index (χ3n) is 2.79. The lowest BCUT2D eigenvalue weighted by Gasteiger charge is -2.16. The Hall–Kier alpha value is -1.99. The number of methoxy groups -OCH3 is 1. The minimum atomic E-state index is -0.196. The summed E-state index contributed by atoms with van der Waals surface area (Å²) in [5.41, 5.74) is 6.67. The van der Waals surface area contributed by atoms with Crippen molar-refractivity contribution in [3.8, 4) is 0 Å². The average Bonchev–Trinajstić information content (AvgIpc) is 2.83. The number of hydrogen-bond donors (Lipinski definition) is 2. The zero-order valence-electron chi connectivity index (χ0n) is 10.7. The van der Waals surface area contributed by atoms with E-state index in [0.717, 1.165) is 0 Å². The smallest absolute Gasteiger partial charge is 0.255 e. The molecule has 0 spiro atoms. The molecule has 0 aliphatic heterocycles. The van der Waals surface area contributed by atoms with Gasteiger partial charge in [0.15, 0.2) is 0 Å². The van der Waals surface area contributed by atoms with Crippen molar-refractivity contribution in [2.75, 3.05) is 20.3 Å². The molecule has 102 valence electrons. The second kappa shape index (κ2) is 6.26. The van der Waals surface area contributed by atoms with E-state index in [4.69, 9.17) is 10.5 Å². The summed E-state index contributed by atoms with van der Waals surface area (Å²) in [6.45, 7) is 0.922. The monoisotopic (exact) mass is 263 g/mol. The molecule has 0 fully saturated rings. The molecule has 0 aliphatic rings. The molecule has 0 bridgehead atoms. The van der Waals surface area contributed by atoms with E-state index >= 15 is 0 Å². The Morgan fingerprint density at radius 3 is 3.16 bits per heavy atom. The first kappa shape index (κ1) is 13.4. The molecule has 0 saturated heterocycles. The standard InChI is InChI=1S/C12H17N5O2/c1-19-8-9(2-3-13)16-12(18)10-6-15-17-5-4-14-7-11(10)17/h4-7,9H,2-3,8,13H2,1H3,(H,16,18). The van der Waals surface area contributed by atoms with Crippen molar-refractivity contribution in [2.24, 2.45) is 5.73 Å². The summed E-state index contributed by atoms with van der Waals surface area (Å²) in [5, 5.41) is 6.99. The maximum Gasteiger partial charge on any atom is 0.255 e. The first-order valence-electron chi connectivity index (χ1n) is 6.03. The van der Waals surface area contributed by atoms with Crippen molar-refractivity contribution >= 4 is 11.4 Å². The van der Waals surface area contributed by atoms with Crippen molar-refractivity contribution in [1.82, 2.24) is 19.9 Å². The van der Waals surface area contributed by atoms with Gasteiger partial charge in [-0.15, -0.1) is 0 Å². The molecule has 3 N–H and O–H groups in total. The number of aromatic nitrogens is 3. The molecule has 2 aromatic heterocycles. The molecule has 19 heavy (non-hydrogen) atoms. The molecular formula is C12H17N5O2. The number of ether oxygens (including phenoxy) is 1. The van der Waals surface area contributed by atoms with Gasteiger partial charge in [0, 0.05) is 19.5 Å². The molecule has 0 radical (unpaired) electrons. The van der Waals surface area contributed by atoms with Gasteiger partial charge in [0.1, 0.15) is 0 Å². The molecular weight excluding hydrogens is 246 g/mol. The lowest BCUT2D eigenvalue weighted by Crippen LogP contribution is -2.39. The van der Waals surface area contributed by atoms with Crippen molar-refractivity contribution in [3.63, 3.8) is 0 Å². The highest BCUT2D eigenvalue weighted by molar-refractivity contribution is 6.00. The van der Waals surface area contributed by atoms with Crippen LogP contribution in [0.25, 0.3) is 5.52 Å². The van der Waals surface area contributed by atoms with Gasteiger partial charge < -0.3 is 15.8 Å². The van der Waals surface area contributed by atoms with E-state index in [9.17, 15) is 4.79 Å². The van der Waals surface area contributed by atoms with Crippen LogP contribution in [0.4, 0.5) is 0 Å². The summed E-state index contributed by atoms with van der Waals surface area (Å²) >= 11 is 0. The van der Waals surface area contributed by atoms with Gasteiger partial charge in [-0.2, -0.15) is 5.10 Å². The highest BCUT2D eigenvalue weighted by Crippen LogP contribution is 2.09. The Balaban J connectivity index is 2.14. The highest BCUT2D eigenvalue weighted by Gasteiger charge is 2.16. The summed E-state index contributed by atoms with van der Waals surface area (Å²) in [7, 11) is 1.59. The second-order valence-electron chi connectivity index (χ2n) is 4.17. The van der Waals surface area contributed by atoms with Crippen molar-refractivity contribution < 1.29 is 9.53 Å². The summed E-state index contributed by atoms with van der Waals surface area (Å²) in [4.78, 5) is 16.2. The van der Waals surface area contributed by atoms with Crippen LogP contribution in [-0.2, 0) is 4.74 Å². The fraction of sp³-hybridized carbons (Fsp3) is 0.417. The first-order valence-corrected chi connectivity index (χ1v) is 6.03. The van der Waals surface area contributed by atoms with Gasteiger partial charge in [-0.3, -0.25) is 9.78 Å². The Labute approximate surface area is 110 Å². The van der Waals surface area contributed by atoms with E-state index in [0.29, 0.717) is 30.7 Å².